The zero-order valence-corrected chi connectivity index (χ0v) is 86.8. The molecule has 9 aromatic rings. The van der Waals surface area contributed by atoms with Crippen molar-refractivity contribution in [2.45, 2.75) is 272 Å². The third-order valence-corrected chi connectivity index (χ3v) is 54.2. The number of hydrogen-bond acceptors (Lipinski definition) is 29. The lowest BCUT2D eigenvalue weighted by molar-refractivity contribution is 0.0482. The molecule has 3 saturated heterocycles. The van der Waals surface area contributed by atoms with Crippen molar-refractivity contribution in [3.63, 3.8) is 0 Å². The van der Waals surface area contributed by atoms with Crippen LogP contribution < -0.4 is 34.4 Å². The van der Waals surface area contributed by atoms with Crippen LogP contribution >= 0.6 is 34.8 Å². The Bertz CT molecular complexity index is 6000. The van der Waals surface area contributed by atoms with E-state index in [4.69, 9.17) is 78.2 Å². The summed E-state index contributed by atoms with van der Waals surface area (Å²) < 4.78 is 114. The van der Waals surface area contributed by atoms with Gasteiger partial charge in [0, 0.05) is 40.4 Å². The highest BCUT2D eigenvalue weighted by atomic mass is 35.5. The van der Waals surface area contributed by atoms with E-state index < -0.39 is 70.8 Å². The summed E-state index contributed by atoms with van der Waals surface area (Å²) in [4.78, 5) is 46.9. The van der Waals surface area contributed by atoms with Gasteiger partial charge < -0.3 is 81.2 Å². The van der Waals surface area contributed by atoms with Crippen molar-refractivity contribution in [3.8, 4) is 45.9 Å². The monoisotopic (exact) mass is 1960 g/mol. The highest BCUT2D eigenvalue weighted by molar-refractivity contribution is 7.92. The minimum Gasteiger partial charge on any atom is -0.507 e. The summed E-state index contributed by atoms with van der Waals surface area (Å²) in [7, 11) is -17.8. The van der Waals surface area contributed by atoms with E-state index in [-0.39, 0.29) is 81.1 Å². The first kappa shape index (κ1) is 100. The molecule has 32 nitrogen and oxygen atoms in total. The molecule has 0 aromatic carbocycles. The molecule has 9 aromatic heterocycles. The second kappa shape index (κ2) is 37.8. The van der Waals surface area contributed by atoms with Crippen LogP contribution in [0, 0.1) is 0 Å². The molecule has 130 heavy (non-hydrogen) atoms. The molecular formula is C88H129BCl3N15O17S3Si3. The molecule has 0 radical (unpaired) electrons. The van der Waals surface area contributed by atoms with E-state index in [9.17, 15) is 50.6 Å². The number of anilines is 3. The number of aromatic hydroxyl groups is 3. The second-order valence-corrected chi connectivity index (χ2v) is 64.3. The van der Waals surface area contributed by atoms with Crippen LogP contribution in [-0.2, 0) is 59.0 Å². The van der Waals surface area contributed by atoms with E-state index in [2.05, 4.69) is 201 Å². The zero-order chi connectivity index (χ0) is 95.4. The molecule has 6 aliphatic heterocycles. The van der Waals surface area contributed by atoms with Crippen LogP contribution in [-0.4, -0.2) is 254 Å². The molecule has 42 heteroatoms. The Morgan fingerprint density at radius 2 is 0.762 bits per heavy atom. The maximum Gasteiger partial charge on any atom is 0.493 e. The summed E-state index contributed by atoms with van der Waals surface area (Å²) in [6, 6.07) is 6.13. The average Bonchev–Trinajstić information content (AvgIpc) is 1.55. The molecule has 0 unspecified atom stereocenters. The van der Waals surface area contributed by atoms with Gasteiger partial charge in [0.15, 0.2) is 100 Å². The molecular weight excluding hydrogens is 1840 g/mol. The minimum atomic E-state index is -3.50. The number of hydrogen-bond donors (Lipinski definition) is 5. The second-order valence-electron chi connectivity index (χ2n) is 39.2. The fourth-order valence-electron chi connectivity index (χ4n) is 23.0. The molecule has 0 bridgehead atoms. The standard InChI is InChI=1S/C30H43N5O5SSi.C16H27BN2O3Si.C16H25ClN2OSi.C14H18ClN3O4S.C12H16ClN3O4S/c1-17(2)42(18(3)4,19(5)6)34-12-9-22-24(23(36)13-31-28(22)34)27-32-26(30(10-11-30)41(8,37)38)25-29(33-27)35-20(7)14-39-15-21(35)16-40-25;1-10(2)23(11(3)4,12(5)6)19-8-7-13-15(17(21)22)14(20)9-18-16(13)19;1-10(2)21(11(3)4,12(5)6)19-8-7-13-15(17)14(20)9-18-16(13)19;1-8-5-21-6-9-7-22-10-11(14(3-4-14)23(2,19)20)16-13(15)17-12(10)18(8)9;1-7-3-19-4-8-5-20-10-9(6-21(2,17)18)14-12(13)15-11(10)16(7)8/h9,12-13,17-21,36H,10-11,14-16H2,1-8H3;7-12,20-22H,1-6H3;7-12,20H,1-6H3;8-9H,3-7H2,1-2H3;7-8H,3-6H2,1-2H3/t20-,21+;;;8-,9+;7-,8+/m1..11/s1. The van der Waals surface area contributed by atoms with Gasteiger partial charge in [-0.1, -0.05) is 136 Å². The molecule has 2 aliphatic carbocycles. The van der Waals surface area contributed by atoms with Gasteiger partial charge in [-0.05, 0) is 156 Å². The quantitative estimate of drug-likeness (QED) is 0.0349. The predicted octanol–water partition coefficient (Wildman–Crippen LogP) is 14.9. The zero-order valence-electron chi connectivity index (χ0n) is 79.0. The molecule has 0 spiro atoms. The Balaban J connectivity index is 0.000000143. The summed E-state index contributed by atoms with van der Waals surface area (Å²) in [5.41, 5.74) is 8.72. The van der Waals surface area contributed by atoms with Gasteiger partial charge in [0.05, 0.1) is 111 Å². The molecule has 8 aliphatic rings. The van der Waals surface area contributed by atoms with Crippen molar-refractivity contribution in [2.75, 3.05) is 92.9 Å². The summed E-state index contributed by atoms with van der Waals surface area (Å²) >= 11 is 18.3. The van der Waals surface area contributed by atoms with Gasteiger partial charge >= 0.3 is 7.12 Å². The van der Waals surface area contributed by atoms with Gasteiger partial charge in [0.1, 0.15) is 74.8 Å². The van der Waals surface area contributed by atoms with Gasteiger partial charge in [-0.2, -0.15) is 9.97 Å². The maximum absolute atomic E-state index is 13.2. The van der Waals surface area contributed by atoms with E-state index in [1.807, 2.05) is 38.2 Å². The topological polar surface area (TPSA) is 399 Å². The van der Waals surface area contributed by atoms with Gasteiger partial charge in [-0.3, -0.25) is 0 Å². The number of morpholine rings is 3. The Labute approximate surface area is 782 Å². The van der Waals surface area contributed by atoms with E-state index >= 15 is 0 Å². The number of sulfone groups is 3. The normalized spacial score (nSPS) is 20.6. The van der Waals surface area contributed by atoms with E-state index in [1.165, 1.54) is 31.1 Å². The number of nitrogens with zero attached hydrogens (tertiary/aromatic N) is 15. The predicted molar refractivity (Wildman–Crippen MR) is 520 cm³/mol. The highest BCUT2D eigenvalue weighted by Gasteiger charge is 2.60. The molecule has 2 saturated carbocycles. The summed E-state index contributed by atoms with van der Waals surface area (Å²) in [6.45, 7) is 52.0. The van der Waals surface area contributed by atoms with Crippen molar-refractivity contribution in [3.05, 3.63) is 88.1 Å². The summed E-state index contributed by atoms with van der Waals surface area (Å²) in [6.07, 6.45) is 16.2. The van der Waals surface area contributed by atoms with Crippen LogP contribution in [0.25, 0.3) is 44.5 Å². The third-order valence-electron chi connectivity index (χ3n) is 28.4. The van der Waals surface area contributed by atoms with Gasteiger partial charge in [0.25, 0.3) is 0 Å². The molecule has 5 N–H and O–H groups in total. The first-order valence-electron chi connectivity index (χ1n) is 45.0. The number of ether oxygens (including phenoxy) is 6. The molecule has 0 amide bonds. The van der Waals surface area contributed by atoms with Crippen molar-refractivity contribution >= 4 is 152 Å². The van der Waals surface area contributed by atoms with Crippen molar-refractivity contribution < 1.29 is 79.0 Å². The SMILES string of the molecule is CC(C)[Si](C(C)C)(C(C)C)n1ccc2c(-c3nc4c(c(C5(S(C)(=O)=O)CC5)n3)OC[C@@H]3COC[C@@H](C)N43)c(O)cnc21.CC(C)[Si](C(C)C)(C(C)C)n1ccc2c(B(O)O)c(O)cnc21.CC(C)[Si](C(C)C)(C(C)C)n1ccc2c(Cl)c(O)cnc21.C[C@@H]1COC[C@H]2COc3c(CS(C)(=O)=O)nc(Cl)nc3N21.C[C@@H]1COC[C@H]2COc3c(nc(Cl)nc3C3(S(C)(=O)=O)CC3)N21. The van der Waals surface area contributed by atoms with Crippen LogP contribution in [0.1, 0.15) is 188 Å². The largest absolute Gasteiger partial charge is 0.507 e. The first-order chi connectivity index (χ1) is 60.8. The molecule has 5 fully saturated rings. The van der Waals surface area contributed by atoms with Crippen LogP contribution in [0.15, 0.2) is 55.4 Å². The highest BCUT2D eigenvalue weighted by Crippen LogP contribution is 2.60. The molecule has 17 rings (SSSR count). The number of pyridine rings is 3. The number of aromatic nitrogens is 12. The van der Waals surface area contributed by atoms with Crippen LogP contribution in [0.5, 0.6) is 34.5 Å². The Morgan fingerprint density at radius 3 is 1.14 bits per heavy atom. The molecule has 6 atom stereocenters. The number of fused-ring (bicyclic) bond motifs is 12. The van der Waals surface area contributed by atoms with E-state index in [0.717, 1.165) is 34.0 Å². The lowest BCUT2D eigenvalue weighted by atomic mass is 9.78. The maximum atomic E-state index is 13.2. The lowest BCUT2D eigenvalue weighted by Crippen LogP contribution is -2.56. The number of rotatable bonds is 20. The minimum absolute atomic E-state index is 0.0114. The summed E-state index contributed by atoms with van der Waals surface area (Å²) in [5.74, 6) is 2.90. The Hall–Kier alpha value is -7.25. The fourth-order valence-corrected chi connectivity index (χ4v) is 46.6. The lowest BCUT2D eigenvalue weighted by Gasteiger charge is -2.45. The molecule has 15 heterocycles. The smallest absolute Gasteiger partial charge is 0.493 e. The first-order valence-corrected chi connectivity index (χ1v) is 58.6. The third kappa shape index (κ3) is 17.7. The van der Waals surface area contributed by atoms with Crippen LogP contribution in [0.4, 0.5) is 17.5 Å². The van der Waals surface area contributed by atoms with Gasteiger partial charge in [-0.15, -0.1) is 0 Å². The number of halogens is 3. The Kier molecular flexibility index (Phi) is 29.1. The van der Waals surface area contributed by atoms with Crippen LogP contribution in [0.2, 0.25) is 65.5 Å². The van der Waals surface area contributed by atoms with Crippen molar-refractivity contribution in [2.24, 2.45) is 0 Å². The fraction of sp³-hybridized carbons (Fsp3) is 0.625. The van der Waals surface area contributed by atoms with E-state index in [0.29, 0.717) is 203 Å². The van der Waals surface area contributed by atoms with E-state index in [1.54, 1.807) is 0 Å². The van der Waals surface area contributed by atoms with Crippen molar-refractivity contribution in [1.29, 1.82) is 0 Å². The molecule has 712 valence electrons. The average molecular weight is 1970 g/mol. The van der Waals surface area contributed by atoms with Gasteiger partial charge in [-0.25, -0.2) is 60.1 Å². The Morgan fingerprint density at radius 1 is 0.431 bits per heavy atom. The summed E-state index contributed by atoms with van der Waals surface area (Å²) in [5, 5.41) is 52.9. The van der Waals surface area contributed by atoms with Crippen LogP contribution in [0.3, 0.4) is 0 Å². The van der Waals surface area contributed by atoms with Gasteiger partial charge in [0.2, 0.25) is 10.6 Å². The van der Waals surface area contributed by atoms with Crippen molar-refractivity contribution in [1.82, 2.24) is 57.6 Å².